The fourth-order valence-electron chi connectivity index (χ4n) is 2.36. The maximum atomic E-state index is 12.8. The Kier molecular flexibility index (Phi) is 5.68. The smallest absolute Gasteiger partial charge is 0.256 e. The highest BCUT2D eigenvalue weighted by Gasteiger charge is 2.22. The lowest BCUT2D eigenvalue weighted by Gasteiger charge is -2.25. The number of carbonyl (C=O) groups excluding carboxylic acids is 1. The third kappa shape index (κ3) is 4.28. The molecule has 0 fully saturated rings. The molecule has 2 heterocycles. The zero-order chi connectivity index (χ0) is 18.7. The second-order valence-electron chi connectivity index (χ2n) is 5.93. The Balaban J connectivity index is 1.80. The van der Waals surface area contributed by atoms with Crippen molar-refractivity contribution >= 4 is 33.4 Å². The van der Waals surface area contributed by atoms with Crippen LogP contribution in [0.4, 0.5) is 0 Å². The number of halogens is 2. The summed E-state index contributed by atoms with van der Waals surface area (Å²) in [6, 6.07) is 8.80. The molecule has 0 aliphatic heterocycles. The van der Waals surface area contributed by atoms with E-state index in [9.17, 15) is 4.79 Å². The second-order valence-corrected chi connectivity index (χ2v) is 7.28. The minimum atomic E-state index is -0.153. The zero-order valence-electron chi connectivity index (χ0n) is 14.2. The number of hydrogen-bond acceptors (Lipinski definition) is 5. The van der Waals surface area contributed by atoms with E-state index in [1.165, 1.54) is 6.20 Å². The predicted octanol–water partition coefficient (Wildman–Crippen LogP) is 4.60. The molecular formula is C18H16BrClN4O2. The molecule has 0 N–H and O–H groups in total. The predicted molar refractivity (Wildman–Crippen MR) is 102 cm³/mol. The Morgan fingerprint density at radius 2 is 1.96 bits per heavy atom. The number of aromatic nitrogens is 3. The van der Waals surface area contributed by atoms with Crippen LogP contribution < -0.4 is 0 Å². The van der Waals surface area contributed by atoms with Gasteiger partial charge in [-0.25, -0.2) is 0 Å². The molecule has 2 aromatic heterocycles. The van der Waals surface area contributed by atoms with Crippen molar-refractivity contribution in [1.82, 2.24) is 20.1 Å². The fraction of sp³-hybridized carbons (Fsp3) is 0.222. The summed E-state index contributed by atoms with van der Waals surface area (Å²) in [5, 5.41) is 8.75. The maximum Gasteiger partial charge on any atom is 0.256 e. The Hall–Kier alpha value is -2.25. The van der Waals surface area contributed by atoms with Crippen molar-refractivity contribution < 1.29 is 9.21 Å². The molecule has 0 aliphatic rings. The molecule has 3 rings (SSSR count). The quantitative estimate of drug-likeness (QED) is 0.586. The molecule has 0 saturated carbocycles. The molecule has 134 valence electrons. The highest BCUT2D eigenvalue weighted by Crippen LogP contribution is 2.21. The van der Waals surface area contributed by atoms with E-state index >= 15 is 0 Å². The number of carbonyl (C=O) groups is 1. The van der Waals surface area contributed by atoms with Gasteiger partial charge in [-0.05, 0) is 60.1 Å². The molecule has 1 amide bonds. The highest BCUT2D eigenvalue weighted by atomic mass is 79.9. The maximum absolute atomic E-state index is 12.8. The molecule has 0 spiro atoms. The van der Waals surface area contributed by atoms with Crippen LogP contribution in [0.5, 0.6) is 0 Å². The number of amides is 1. The average Bonchev–Trinajstić information content (AvgIpc) is 3.08. The van der Waals surface area contributed by atoms with E-state index in [0.29, 0.717) is 22.4 Å². The standard InChI is InChI=1S/C18H16BrClN4O2/c1-11(2)24(18(25)13-7-14(19)9-21-8-13)10-16-22-23-17(26-16)12-3-5-15(20)6-4-12/h3-9,11H,10H2,1-2H3. The summed E-state index contributed by atoms with van der Waals surface area (Å²) in [7, 11) is 0. The van der Waals surface area contributed by atoms with Crippen LogP contribution in [0.25, 0.3) is 11.5 Å². The van der Waals surface area contributed by atoms with Gasteiger partial charge in [0.2, 0.25) is 11.8 Å². The Bertz CT molecular complexity index is 912. The lowest BCUT2D eigenvalue weighted by molar-refractivity contribution is 0.0672. The normalized spacial score (nSPS) is 11.0. The Morgan fingerprint density at radius 1 is 1.23 bits per heavy atom. The van der Waals surface area contributed by atoms with Gasteiger partial charge in [-0.2, -0.15) is 0 Å². The molecule has 3 aromatic rings. The second kappa shape index (κ2) is 7.97. The molecule has 26 heavy (non-hydrogen) atoms. The van der Waals surface area contributed by atoms with Crippen molar-refractivity contribution in [2.75, 3.05) is 0 Å². The molecular weight excluding hydrogens is 420 g/mol. The number of rotatable bonds is 5. The average molecular weight is 436 g/mol. The van der Waals surface area contributed by atoms with Crippen LogP contribution >= 0.6 is 27.5 Å². The minimum absolute atomic E-state index is 0.0487. The largest absolute Gasteiger partial charge is 0.419 e. The van der Waals surface area contributed by atoms with Crippen molar-refractivity contribution in [1.29, 1.82) is 0 Å². The van der Waals surface area contributed by atoms with E-state index in [0.717, 1.165) is 10.0 Å². The first-order chi connectivity index (χ1) is 12.4. The highest BCUT2D eigenvalue weighted by molar-refractivity contribution is 9.10. The monoisotopic (exact) mass is 434 g/mol. The van der Waals surface area contributed by atoms with Crippen molar-refractivity contribution in [3.63, 3.8) is 0 Å². The molecule has 0 bridgehead atoms. The summed E-state index contributed by atoms with van der Waals surface area (Å²) < 4.78 is 6.46. The van der Waals surface area contributed by atoms with Gasteiger partial charge >= 0.3 is 0 Å². The lowest BCUT2D eigenvalue weighted by atomic mass is 10.2. The Labute approximate surface area is 164 Å². The van der Waals surface area contributed by atoms with Crippen molar-refractivity contribution in [2.24, 2.45) is 0 Å². The summed E-state index contributed by atoms with van der Waals surface area (Å²) in [6.07, 6.45) is 3.17. The third-order valence-corrected chi connectivity index (χ3v) is 4.39. The van der Waals surface area contributed by atoms with Gasteiger partial charge in [0.15, 0.2) is 0 Å². The summed E-state index contributed by atoms with van der Waals surface area (Å²) in [6.45, 7) is 4.07. The Morgan fingerprint density at radius 3 is 2.62 bits per heavy atom. The van der Waals surface area contributed by atoms with E-state index in [2.05, 4.69) is 31.1 Å². The van der Waals surface area contributed by atoms with Crippen LogP contribution in [0.15, 0.2) is 51.6 Å². The topological polar surface area (TPSA) is 72.1 Å². The van der Waals surface area contributed by atoms with Gasteiger partial charge in [0.25, 0.3) is 5.91 Å². The van der Waals surface area contributed by atoms with Crippen molar-refractivity contribution in [3.8, 4) is 11.5 Å². The van der Waals surface area contributed by atoms with Gasteiger partial charge in [-0.15, -0.1) is 10.2 Å². The molecule has 1 aromatic carbocycles. The molecule has 6 nitrogen and oxygen atoms in total. The first kappa shape index (κ1) is 18.5. The number of benzene rings is 1. The van der Waals surface area contributed by atoms with E-state index in [1.807, 2.05) is 13.8 Å². The van der Waals surface area contributed by atoms with E-state index in [-0.39, 0.29) is 18.5 Å². The first-order valence-corrected chi connectivity index (χ1v) is 9.11. The summed E-state index contributed by atoms with van der Waals surface area (Å²) >= 11 is 9.23. The minimum Gasteiger partial charge on any atom is -0.419 e. The van der Waals surface area contributed by atoms with Crippen molar-refractivity contribution in [3.05, 3.63) is 63.7 Å². The van der Waals surface area contributed by atoms with Gasteiger partial charge in [-0.1, -0.05) is 11.6 Å². The molecule has 0 radical (unpaired) electrons. The molecule has 8 heteroatoms. The zero-order valence-corrected chi connectivity index (χ0v) is 16.5. The molecule has 0 unspecified atom stereocenters. The summed E-state index contributed by atoms with van der Waals surface area (Å²) in [5.74, 6) is 0.594. The van der Waals surface area contributed by atoms with Gasteiger partial charge in [0, 0.05) is 33.5 Å². The lowest BCUT2D eigenvalue weighted by Crippen LogP contribution is -2.36. The number of pyridine rings is 1. The number of hydrogen-bond donors (Lipinski definition) is 0. The van der Waals surface area contributed by atoms with Gasteiger partial charge in [0.1, 0.15) is 0 Å². The van der Waals surface area contributed by atoms with Crippen molar-refractivity contribution in [2.45, 2.75) is 26.4 Å². The van der Waals surface area contributed by atoms with E-state index in [4.69, 9.17) is 16.0 Å². The SMILES string of the molecule is CC(C)N(Cc1nnc(-c2ccc(Cl)cc2)o1)C(=O)c1cncc(Br)c1. The van der Waals surface area contributed by atoms with Crippen LogP contribution in [-0.2, 0) is 6.54 Å². The molecule has 0 saturated heterocycles. The number of nitrogens with zero attached hydrogens (tertiary/aromatic N) is 4. The molecule has 0 aliphatic carbocycles. The van der Waals surface area contributed by atoms with Crippen LogP contribution in [0.1, 0.15) is 30.1 Å². The fourth-order valence-corrected chi connectivity index (χ4v) is 2.85. The molecule has 0 atom stereocenters. The van der Waals surface area contributed by atoms with E-state index < -0.39 is 0 Å². The summed E-state index contributed by atoms with van der Waals surface area (Å²) in [4.78, 5) is 18.5. The first-order valence-electron chi connectivity index (χ1n) is 7.94. The van der Waals surface area contributed by atoms with Crippen LogP contribution in [0.3, 0.4) is 0 Å². The van der Waals surface area contributed by atoms with Gasteiger partial charge in [-0.3, -0.25) is 9.78 Å². The van der Waals surface area contributed by atoms with E-state index in [1.54, 1.807) is 41.4 Å². The third-order valence-electron chi connectivity index (χ3n) is 3.70. The van der Waals surface area contributed by atoms with Crippen LogP contribution in [0.2, 0.25) is 5.02 Å². The van der Waals surface area contributed by atoms with Crippen LogP contribution in [-0.4, -0.2) is 32.0 Å². The van der Waals surface area contributed by atoms with Gasteiger partial charge in [0.05, 0.1) is 12.1 Å². The van der Waals surface area contributed by atoms with Crippen LogP contribution in [0, 0.1) is 0 Å². The summed E-state index contributed by atoms with van der Waals surface area (Å²) in [5.41, 5.74) is 1.26. The van der Waals surface area contributed by atoms with Gasteiger partial charge < -0.3 is 9.32 Å².